The summed E-state index contributed by atoms with van der Waals surface area (Å²) in [6.45, 7) is 0. The summed E-state index contributed by atoms with van der Waals surface area (Å²) in [5.74, 6) is 0. The first kappa shape index (κ1) is 15.5. The molecule has 22 heavy (non-hydrogen) atoms. The van der Waals surface area contributed by atoms with E-state index in [2.05, 4.69) is 105 Å². The van der Waals surface area contributed by atoms with E-state index in [1.165, 1.54) is 33.4 Å². The molecule has 0 spiro atoms. The lowest BCUT2D eigenvalue weighted by molar-refractivity contribution is 1.43. The SMILES string of the molecule is BrCc1ccc(-c2ccc(-c3ccc(CBr)cc3)cc2)cc1. The zero-order valence-electron chi connectivity index (χ0n) is 12.1. The van der Waals surface area contributed by atoms with Gasteiger partial charge in [0.05, 0.1) is 0 Å². The molecule has 0 aromatic heterocycles. The third kappa shape index (κ3) is 3.50. The molecule has 3 aromatic carbocycles. The molecule has 0 heterocycles. The van der Waals surface area contributed by atoms with Crippen molar-refractivity contribution in [1.29, 1.82) is 0 Å². The molecule has 110 valence electrons. The molecule has 3 aromatic rings. The van der Waals surface area contributed by atoms with Gasteiger partial charge in [0.2, 0.25) is 0 Å². The highest BCUT2D eigenvalue weighted by Crippen LogP contribution is 2.26. The van der Waals surface area contributed by atoms with Gasteiger partial charge in [0.25, 0.3) is 0 Å². The van der Waals surface area contributed by atoms with Gasteiger partial charge in [-0.25, -0.2) is 0 Å². The normalized spacial score (nSPS) is 10.6. The summed E-state index contributed by atoms with van der Waals surface area (Å²) in [5.41, 5.74) is 7.61. The van der Waals surface area contributed by atoms with Crippen molar-refractivity contribution in [3.05, 3.63) is 83.9 Å². The van der Waals surface area contributed by atoms with E-state index in [-0.39, 0.29) is 0 Å². The first-order valence-corrected chi connectivity index (χ1v) is 9.45. The summed E-state index contributed by atoms with van der Waals surface area (Å²) in [6.07, 6.45) is 0. The molecule has 0 bridgehead atoms. The van der Waals surface area contributed by atoms with Crippen molar-refractivity contribution in [2.45, 2.75) is 10.7 Å². The maximum absolute atomic E-state index is 3.48. The molecular weight excluding hydrogens is 400 g/mol. The monoisotopic (exact) mass is 414 g/mol. The Bertz CT molecular complexity index is 660. The molecule has 3 rings (SSSR count). The molecule has 0 N–H and O–H groups in total. The second-order valence-electron chi connectivity index (χ2n) is 5.24. The molecule has 0 unspecified atom stereocenters. The number of hydrogen-bond donors (Lipinski definition) is 0. The van der Waals surface area contributed by atoms with E-state index in [0.717, 1.165) is 10.7 Å². The highest BCUT2D eigenvalue weighted by atomic mass is 79.9. The maximum atomic E-state index is 3.48. The predicted octanol–water partition coefficient (Wildman–Crippen LogP) is 6.81. The van der Waals surface area contributed by atoms with E-state index in [1.54, 1.807) is 0 Å². The van der Waals surface area contributed by atoms with Crippen LogP contribution in [0.15, 0.2) is 72.8 Å². The molecule has 0 radical (unpaired) electrons. The Labute approximate surface area is 148 Å². The third-order valence-corrected chi connectivity index (χ3v) is 5.06. The van der Waals surface area contributed by atoms with Crippen LogP contribution in [0.2, 0.25) is 0 Å². The minimum absolute atomic E-state index is 0.899. The Morgan fingerprint density at radius 3 is 0.864 bits per heavy atom. The lowest BCUT2D eigenvalue weighted by Crippen LogP contribution is -1.83. The van der Waals surface area contributed by atoms with E-state index >= 15 is 0 Å². The van der Waals surface area contributed by atoms with Gasteiger partial charge in [-0.05, 0) is 33.4 Å². The Morgan fingerprint density at radius 2 is 0.636 bits per heavy atom. The molecule has 0 nitrogen and oxygen atoms in total. The van der Waals surface area contributed by atoms with Gasteiger partial charge >= 0.3 is 0 Å². The summed E-state index contributed by atoms with van der Waals surface area (Å²) in [4.78, 5) is 0. The molecule has 0 fully saturated rings. The van der Waals surface area contributed by atoms with Gasteiger partial charge in [-0.2, -0.15) is 0 Å². The lowest BCUT2D eigenvalue weighted by Gasteiger charge is -2.06. The van der Waals surface area contributed by atoms with Crippen molar-refractivity contribution in [1.82, 2.24) is 0 Å². The van der Waals surface area contributed by atoms with E-state index < -0.39 is 0 Å². The Hall–Kier alpha value is -1.38. The van der Waals surface area contributed by atoms with Gasteiger partial charge in [0, 0.05) is 10.7 Å². The smallest absolute Gasteiger partial charge is 0.0283 e. The zero-order chi connectivity index (χ0) is 15.4. The summed E-state index contributed by atoms with van der Waals surface area (Å²) in [6, 6.07) is 26.1. The first-order chi connectivity index (χ1) is 10.8. The fourth-order valence-corrected chi connectivity index (χ4v) is 3.18. The lowest BCUT2D eigenvalue weighted by atomic mass is 9.99. The highest BCUT2D eigenvalue weighted by Gasteiger charge is 2.01. The number of alkyl halides is 2. The zero-order valence-corrected chi connectivity index (χ0v) is 15.3. The Balaban J connectivity index is 1.84. The van der Waals surface area contributed by atoms with E-state index in [9.17, 15) is 0 Å². The van der Waals surface area contributed by atoms with Crippen LogP contribution in [-0.4, -0.2) is 0 Å². The molecule has 2 heteroatoms. The average Bonchev–Trinajstić information content (AvgIpc) is 2.62. The third-order valence-electron chi connectivity index (χ3n) is 3.77. The Kier molecular flexibility index (Phi) is 5.12. The minimum atomic E-state index is 0.899. The predicted molar refractivity (Wildman–Crippen MR) is 103 cm³/mol. The summed E-state index contributed by atoms with van der Waals surface area (Å²) in [7, 11) is 0. The average molecular weight is 416 g/mol. The van der Waals surface area contributed by atoms with Crippen LogP contribution in [0.3, 0.4) is 0 Å². The first-order valence-electron chi connectivity index (χ1n) is 7.21. The van der Waals surface area contributed by atoms with Gasteiger partial charge in [-0.1, -0.05) is 105 Å². The summed E-state index contributed by atoms with van der Waals surface area (Å²) >= 11 is 6.96. The topological polar surface area (TPSA) is 0 Å². The van der Waals surface area contributed by atoms with Crippen LogP contribution in [-0.2, 0) is 10.7 Å². The number of benzene rings is 3. The van der Waals surface area contributed by atoms with Crippen LogP contribution in [0.1, 0.15) is 11.1 Å². The fraction of sp³-hybridized carbons (Fsp3) is 0.100. The molecular formula is C20H16Br2. The van der Waals surface area contributed by atoms with Gasteiger partial charge in [-0.3, -0.25) is 0 Å². The fourth-order valence-electron chi connectivity index (χ4n) is 2.43. The quantitative estimate of drug-likeness (QED) is 0.410. The second-order valence-corrected chi connectivity index (χ2v) is 6.36. The molecule has 0 aliphatic heterocycles. The number of rotatable bonds is 4. The van der Waals surface area contributed by atoms with Crippen LogP contribution in [0.25, 0.3) is 22.3 Å². The minimum Gasteiger partial charge on any atom is -0.0876 e. The largest absolute Gasteiger partial charge is 0.0876 e. The van der Waals surface area contributed by atoms with Crippen molar-refractivity contribution in [3.8, 4) is 22.3 Å². The van der Waals surface area contributed by atoms with Gasteiger partial charge in [0.1, 0.15) is 0 Å². The van der Waals surface area contributed by atoms with Gasteiger partial charge in [-0.15, -0.1) is 0 Å². The van der Waals surface area contributed by atoms with Crippen LogP contribution < -0.4 is 0 Å². The number of halogens is 2. The maximum Gasteiger partial charge on any atom is 0.0283 e. The van der Waals surface area contributed by atoms with E-state index in [4.69, 9.17) is 0 Å². The summed E-state index contributed by atoms with van der Waals surface area (Å²) in [5, 5.41) is 1.80. The molecule has 0 atom stereocenters. The van der Waals surface area contributed by atoms with Crippen molar-refractivity contribution in [2.75, 3.05) is 0 Å². The second kappa shape index (κ2) is 7.26. The standard InChI is InChI=1S/C20H16Br2/c21-13-15-1-5-17(6-2-15)19-9-11-20(12-10-19)18-7-3-16(14-22)4-8-18/h1-12H,13-14H2. The molecule has 0 saturated heterocycles. The van der Waals surface area contributed by atoms with Gasteiger partial charge in [0.15, 0.2) is 0 Å². The van der Waals surface area contributed by atoms with Crippen molar-refractivity contribution in [3.63, 3.8) is 0 Å². The van der Waals surface area contributed by atoms with E-state index in [0.29, 0.717) is 0 Å². The summed E-state index contributed by atoms with van der Waals surface area (Å²) < 4.78 is 0. The van der Waals surface area contributed by atoms with Crippen LogP contribution >= 0.6 is 31.9 Å². The van der Waals surface area contributed by atoms with Crippen molar-refractivity contribution in [2.24, 2.45) is 0 Å². The van der Waals surface area contributed by atoms with Crippen molar-refractivity contribution < 1.29 is 0 Å². The van der Waals surface area contributed by atoms with E-state index in [1.807, 2.05) is 0 Å². The molecule has 0 aliphatic rings. The molecule has 0 amide bonds. The highest BCUT2D eigenvalue weighted by molar-refractivity contribution is 9.08. The van der Waals surface area contributed by atoms with Crippen LogP contribution in [0.4, 0.5) is 0 Å². The van der Waals surface area contributed by atoms with Crippen LogP contribution in [0, 0.1) is 0 Å². The number of hydrogen-bond acceptors (Lipinski definition) is 0. The Morgan fingerprint density at radius 1 is 0.409 bits per heavy atom. The van der Waals surface area contributed by atoms with Crippen molar-refractivity contribution >= 4 is 31.9 Å². The van der Waals surface area contributed by atoms with Crippen LogP contribution in [0.5, 0.6) is 0 Å². The van der Waals surface area contributed by atoms with Gasteiger partial charge < -0.3 is 0 Å². The molecule has 0 saturated carbocycles. The molecule has 0 aliphatic carbocycles.